The molecular formula is C11H13NO. The predicted octanol–water partition coefficient (Wildman–Crippen LogP) is 2.17. The maximum absolute atomic E-state index is 8.95. The number of fused-ring (bicyclic) bond motifs is 1. The Labute approximate surface area is 77.9 Å². The Balaban J connectivity index is 2.52. The zero-order valence-electron chi connectivity index (χ0n) is 7.91. The molecule has 2 nitrogen and oxygen atoms in total. The number of hydrogen-bond donors (Lipinski definition) is 1. The van der Waals surface area contributed by atoms with E-state index in [-0.39, 0.29) is 12.0 Å². The van der Waals surface area contributed by atoms with Crippen LogP contribution in [0.5, 0.6) is 0 Å². The van der Waals surface area contributed by atoms with Crippen LogP contribution in [0, 0.1) is 0 Å². The van der Waals surface area contributed by atoms with Gasteiger partial charge in [-0.2, -0.15) is 0 Å². The molecule has 68 valence electrons. The minimum absolute atomic E-state index is 0.0450. The van der Waals surface area contributed by atoms with Gasteiger partial charge in [-0.15, -0.1) is 0 Å². The lowest BCUT2D eigenvalue weighted by Gasteiger charge is -2.15. The fourth-order valence-corrected chi connectivity index (χ4v) is 1.63. The van der Waals surface area contributed by atoms with Gasteiger partial charge in [-0.25, -0.2) is 0 Å². The van der Waals surface area contributed by atoms with Gasteiger partial charge in [-0.3, -0.25) is 4.99 Å². The third-order valence-corrected chi connectivity index (χ3v) is 2.47. The van der Waals surface area contributed by atoms with E-state index in [4.69, 9.17) is 5.11 Å². The van der Waals surface area contributed by atoms with Gasteiger partial charge in [-0.1, -0.05) is 26.0 Å². The average Bonchev–Trinajstić information content (AvgIpc) is 2.42. The van der Waals surface area contributed by atoms with Crippen molar-refractivity contribution in [2.45, 2.75) is 25.9 Å². The maximum atomic E-state index is 8.95. The van der Waals surface area contributed by atoms with Crippen LogP contribution in [-0.4, -0.2) is 11.3 Å². The van der Waals surface area contributed by atoms with Crippen molar-refractivity contribution in [2.24, 2.45) is 4.99 Å². The molecule has 0 amide bonds. The highest BCUT2D eigenvalue weighted by molar-refractivity contribution is 5.84. The molecule has 1 aromatic carbocycles. The van der Waals surface area contributed by atoms with E-state index in [1.165, 1.54) is 5.56 Å². The van der Waals surface area contributed by atoms with Gasteiger partial charge in [0.1, 0.15) is 0 Å². The summed E-state index contributed by atoms with van der Waals surface area (Å²) in [6.07, 6.45) is 1.96. The molecule has 0 spiro atoms. The van der Waals surface area contributed by atoms with Crippen molar-refractivity contribution in [3.8, 4) is 0 Å². The number of nitrogens with zero attached hydrogens (tertiary/aromatic N) is 1. The number of rotatable bonds is 1. The fraction of sp³-hybridized carbons (Fsp3) is 0.364. The normalized spacial score (nSPS) is 17.5. The topological polar surface area (TPSA) is 32.6 Å². The molecule has 0 aliphatic carbocycles. The van der Waals surface area contributed by atoms with E-state index in [0.717, 1.165) is 11.3 Å². The molecule has 1 heterocycles. The first-order valence-electron chi connectivity index (χ1n) is 4.43. The van der Waals surface area contributed by atoms with E-state index < -0.39 is 0 Å². The van der Waals surface area contributed by atoms with Gasteiger partial charge < -0.3 is 5.11 Å². The van der Waals surface area contributed by atoms with Gasteiger partial charge >= 0.3 is 0 Å². The van der Waals surface area contributed by atoms with Crippen LogP contribution >= 0.6 is 0 Å². The first-order chi connectivity index (χ1) is 6.13. The van der Waals surface area contributed by atoms with Gasteiger partial charge in [0.05, 0.1) is 12.3 Å². The molecule has 2 heteroatoms. The molecule has 0 saturated heterocycles. The molecular weight excluding hydrogens is 162 g/mol. The van der Waals surface area contributed by atoms with Crippen molar-refractivity contribution in [1.82, 2.24) is 0 Å². The number of hydrogen-bond acceptors (Lipinski definition) is 2. The summed E-state index contributed by atoms with van der Waals surface area (Å²) in [6.45, 7) is 4.37. The van der Waals surface area contributed by atoms with Crippen molar-refractivity contribution in [3.05, 3.63) is 29.3 Å². The highest BCUT2D eigenvalue weighted by atomic mass is 16.3. The summed E-state index contributed by atoms with van der Waals surface area (Å²) in [7, 11) is 0. The lowest BCUT2D eigenvalue weighted by atomic mass is 9.87. The summed E-state index contributed by atoms with van der Waals surface area (Å²) < 4.78 is 0. The molecule has 0 radical (unpaired) electrons. The summed E-state index contributed by atoms with van der Waals surface area (Å²) in [5.74, 6) is 0. The molecule has 0 saturated carbocycles. The minimum Gasteiger partial charge on any atom is -0.392 e. The Morgan fingerprint density at radius 3 is 2.85 bits per heavy atom. The summed E-state index contributed by atoms with van der Waals surface area (Å²) in [6, 6.07) is 5.95. The van der Waals surface area contributed by atoms with E-state index >= 15 is 0 Å². The lowest BCUT2D eigenvalue weighted by molar-refractivity contribution is 0.282. The Morgan fingerprint density at radius 2 is 2.15 bits per heavy atom. The molecule has 1 aliphatic rings. The fourth-order valence-electron chi connectivity index (χ4n) is 1.63. The number of aliphatic hydroxyl groups is 1. The van der Waals surface area contributed by atoms with Gasteiger partial charge in [0.15, 0.2) is 0 Å². The van der Waals surface area contributed by atoms with Crippen molar-refractivity contribution in [1.29, 1.82) is 0 Å². The van der Waals surface area contributed by atoms with E-state index in [9.17, 15) is 0 Å². The predicted molar refractivity (Wildman–Crippen MR) is 53.5 cm³/mol. The zero-order valence-corrected chi connectivity index (χ0v) is 7.91. The van der Waals surface area contributed by atoms with Crippen LogP contribution < -0.4 is 0 Å². The molecule has 0 fully saturated rings. The maximum Gasteiger partial charge on any atom is 0.0682 e. The van der Waals surface area contributed by atoms with E-state index in [0.29, 0.717) is 0 Å². The minimum atomic E-state index is 0.0450. The summed E-state index contributed by atoms with van der Waals surface area (Å²) in [5, 5.41) is 8.95. The lowest BCUT2D eigenvalue weighted by Crippen LogP contribution is -2.14. The van der Waals surface area contributed by atoms with Crippen LogP contribution in [0.1, 0.15) is 25.0 Å². The Morgan fingerprint density at radius 1 is 1.38 bits per heavy atom. The van der Waals surface area contributed by atoms with Crippen molar-refractivity contribution < 1.29 is 5.11 Å². The van der Waals surface area contributed by atoms with Crippen LogP contribution in [-0.2, 0) is 12.0 Å². The van der Waals surface area contributed by atoms with Crippen LogP contribution in [0.3, 0.4) is 0 Å². The summed E-state index contributed by atoms with van der Waals surface area (Å²) in [4.78, 5) is 4.32. The smallest absolute Gasteiger partial charge is 0.0682 e. The van der Waals surface area contributed by atoms with Crippen molar-refractivity contribution in [3.63, 3.8) is 0 Å². The average molecular weight is 175 g/mol. The zero-order chi connectivity index (χ0) is 9.47. The molecule has 13 heavy (non-hydrogen) atoms. The third kappa shape index (κ3) is 1.27. The highest BCUT2D eigenvalue weighted by Crippen LogP contribution is 2.36. The number of aliphatic imine (C=N–C) groups is 1. The molecule has 0 bridgehead atoms. The second kappa shape index (κ2) is 2.67. The SMILES string of the molecule is CC1(C)C=Nc2cc(CO)ccc21. The third-order valence-electron chi connectivity index (χ3n) is 2.47. The van der Waals surface area contributed by atoms with E-state index in [2.05, 4.69) is 18.8 Å². The van der Waals surface area contributed by atoms with Crippen molar-refractivity contribution in [2.75, 3.05) is 0 Å². The second-order valence-electron chi connectivity index (χ2n) is 3.99. The largest absolute Gasteiger partial charge is 0.392 e. The molecule has 1 aromatic rings. The first kappa shape index (κ1) is 8.45. The van der Waals surface area contributed by atoms with E-state index in [1.54, 1.807) is 0 Å². The second-order valence-corrected chi connectivity index (χ2v) is 3.99. The molecule has 0 aromatic heterocycles. The van der Waals surface area contributed by atoms with Gasteiger partial charge in [-0.05, 0) is 17.2 Å². The van der Waals surface area contributed by atoms with Crippen LogP contribution in [0.15, 0.2) is 23.2 Å². The molecule has 1 aliphatic heterocycles. The Hall–Kier alpha value is -1.15. The molecule has 0 atom stereocenters. The van der Waals surface area contributed by atoms with E-state index in [1.807, 2.05) is 24.4 Å². The van der Waals surface area contributed by atoms with Gasteiger partial charge in [0.2, 0.25) is 0 Å². The van der Waals surface area contributed by atoms with Crippen LogP contribution in [0.2, 0.25) is 0 Å². The standard InChI is InChI=1S/C11H13NO/c1-11(2)7-12-10-5-8(6-13)3-4-9(10)11/h3-5,7,13H,6H2,1-2H3. The number of aliphatic hydroxyl groups excluding tert-OH is 1. The molecule has 0 unspecified atom stereocenters. The summed E-state index contributed by atoms with van der Waals surface area (Å²) in [5.41, 5.74) is 3.21. The Bertz CT molecular complexity index is 366. The summed E-state index contributed by atoms with van der Waals surface area (Å²) >= 11 is 0. The quantitative estimate of drug-likeness (QED) is 0.697. The number of benzene rings is 1. The van der Waals surface area contributed by atoms with Crippen molar-refractivity contribution >= 4 is 11.9 Å². The first-order valence-corrected chi connectivity index (χ1v) is 4.43. The van der Waals surface area contributed by atoms with Crippen LogP contribution in [0.4, 0.5) is 5.69 Å². The van der Waals surface area contributed by atoms with Gasteiger partial charge in [0, 0.05) is 11.6 Å². The monoisotopic (exact) mass is 175 g/mol. The van der Waals surface area contributed by atoms with Crippen LogP contribution in [0.25, 0.3) is 0 Å². The molecule has 1 N–H and O–H groups in total. The molecule has 2 rings (SSSR count). The Kier molecular flexibility index (Phi) is 1.74. The highest BCUT2D eigenvalue weighted by Gasteiger charge is 2.25. The van der Waals surface area contributed by atoms with Gasteiger partial charge in [0.25, 0.3) is 0 Å².